The summed E-state index contributed by atoms with van der Waals surface area (Å²) < 4.78 is 0. The van der Waals surface area contributed by atoms with Crippen LogP contribution in [-0.2, 0) is 4.79 Å². The van der Waals surface area contributed by atoms with E-state index in [0.717, 1.165) is 0 Å². The second-order valence-electron chi connectivity index (χ2n) is 4.08. The van der Waals surface area contributed by atoms with Crippen LogP contribution < -0.4 is 11.1 Å². The summed E-state index contributed by atoms with van der Waals surface area (Å²) in [4.78, 5) is 25.4. The molecule has 7 heteroatoms. The highest BCUT2D eigenvalue weighted by Crippen LogP contribution is 2.30. The van der Waals surface area contributed by atoms with Crippen LogP contribution in [0.1, 0.15) is 6.92 Å². The average Bonchev–Trinajstić information content (AvgIpc) is 2.38. The molecule has 0 spiro atoms. The highest BCUT2D eigenvalue weighted by molar-refractivity contribution is 6.00. The molecular weight excluding hydrogens is 248 g/mol. The van der Waals surface area contributed by atoms with Gasteiger partial charge < -0.3 is 11.1 Å². The number of nitrogens with zero attached hydrogens (tertiary/aromatic N) is 2. The molecule has 2 rings (SSSR count). The number of nitro benzene ring substituents is 1. The van der Waals surface area contributed by atoms with Gasteiger partial charge in [-0.15, -0.1) is 0 Å². The lowest BCUT2D eigenvalue weighted by atomic mass is 10.1. The van der Waals surface area contributed by atoms with Gasteiger partial charge in [0.1, 0.15) is 6.04 Å². The predicted octanol–water partition coefficient (Wildman–Crippen LogP) is 1.43. The van der Waals surface area contributed by atoms with Crippen LogP contribution in [0.5, 0.6) is 0 Å². The average molecular weight is 260 g/mol. The standard InChI is InChI=1S/C12H12N4O3/c1-7(12(13)17)15-10-2-3-11(16(18)19)9-6-14-5-4-8(9)10/h2-7,15H,1H3,(H2,13,17). The Bertz CT molecular complexity index is 656. The number of carbonyl (C=O) groups is 1. The molecule has 0 aliphatic heterocycles. The number of benzene rings is 1. The monoisotopic (exact) mass is 260 g/mol. The van der Waals surface area contributed by atoms with Crippen LogP contribution in [-0.4, -0.2) is 21.9 Å². The van der Waals surface area contributed by atoms with Crippen LogP contribution >= 0.6 is 0 Å². The van der Waals surface area contributed by atoms with Crippen LogP contribution in [0.2, 0.25) is 0 Å². The number of nitrogens with two attached hydrogens (primary N) is 1. The van der Waals surface area contributed by atoms with Gasteiger partial charge in [-0.25, -0.2) is 0 Å². The van der Waals surface area contributed by atoms with Gasteiger partial charge in [-0.1, -0.05) is 0 Å². The van der Waals surface area contributed by atoms with Crippen molar-refractivity contribution in [2.75, 3.05) is 5.32 Å². The minimum atomic E-state index is -0.571. The van der Waals surface area contributed by atoms with Crippen LogP contribution in [0.25, 0.3) is 10.8 Å². The van der Waals surface area contributed by atoms with Crippen molar-refractivity contribution in [2.24, 2.45) is 5.73 Å². The third-order valence-corrected chi connectivity index (χ3v) is 2.79. The second-order valence-corrected chi connectivity index (χ2v) is 4.08. The van der Waals surface area contributed by atoms with Crippen molar-refractivity contribution in [1.82, 2.24) is 4.98 Å². The van der Waals surface area contributed by atoms with Crippen molar-refractivity contribution in [3.05, 3.63) is 40.7 Å². The van der Waals surface area contributed by atoms with Crippen molar-refractivity contribution in [3.8, 4) is 0 Å². The van der Waals surface area contributed by atoms with Gasteiger partial charge in [-0.05, 0) is 19.1 Å². The zero-order valence-corrected chi connectivity index (χ0v) is 10.2. The molecule has 0 fully saturated rings. The van der Waals surface area contributed by atoms with Crippen molar-refractivity contribution < 1.29 is 9.72 Å². The molecule has 1 aromatic heterocycles. The van der Waals surface area contributed by atoms with Gasteiger partial charge in [-0.2, -0.15) is 0 Å². The van der Waals surface area contributed by atoms with Gasteiger partial charge >= 0.3 is 0 Å². The second kappa shape index (κ2) is 4.89. The molecule has 0 aliphatic carbocycles. The number of carbonyl (C=O) groups excluding carboxylic acids is 1. The van der Waals surface area contributed by atoms with Crippen molar-refractivity contribution in [3.63, 3.8) is 0 Å². The van der Waals surface area contributed by atoms with E-state index < -0.39 is 16.9 Å². The first-order chi connectivity index (χ1) is 9.00. The van der Waals surface area contributed by atoms with E-state index >= 15 is 0 Å². The van der Waals surface area contributed by atoms with Crippen molar-refractivity contribution in [1.29, 1.82) is 0 Å². The number of nitrogens with one attached hydrogen (secondary N) is 1. The number of hydrogen-bond donors (Lipinski definition) is 2. The molecule has 2 aromatic rings. The Hall–Kier alpha value is -2.70. The molecule has 0 radical (unpaired) electrons. The van der Waals surface area contributed by atoms with Gasteiger partial charge in [0.2, 0.25) is 5.91 Å². The number of nitro groups is 1. The van der Waals surface area contributed by atoms with E-state index in [1.165, 1.54) is 18.5 Å². The molecule has 1 aromatic carbocycles. The lowest BCUT2D eigenvalue weighted by Crippen LogP contribution is -2.32. The Balaban J connectivity index is 2.55. The zero-order chi connectivity index (χ0) is 14.0. The summed E-state index contributed by atoms with van der Waals surface area (Å²) in [6, 6.07) is 4.01. The van der Waals surface area contributed by atoms with Gasteiger partial charge in [0.05, 0.1) is 10.3 Å². The SMILES string of the molecule is CC(Nc1ccc([N+](=O)[O-])c2cnccc12)C(N)=O. The fraction of sp³-hybridized carbons (Fsp3) is 0.167. The number of anilines is 1. The number of amides is 1. The third-order valence-electron chi connectivity index (χ3n) is 2.79. The smallest absolute Gasteiger partial charge is 0.278 e. The molecule has 1 unspecified atom stereocenters. The fourth-order valence-electron chi connectivity index (χ4n) is 1.76. The van der Waals surface area contributed by atoms with Crippen LogP contribution in [0, 0.1) is 10.1 Å². The molecule has 0 aliphatic rings. The van der Waals surface area contributed by atoms with Crippen molar-refractivity contribution in [2.45, 2.75) is 13.0 Å². The lowest BCUT2D eigenvalue weighted by molar-refractivity contribution is -0.383. The van der Waals surface area contributed by atoms with E-state index in [4.69, 9.17) is 5.73 Å². The fourth-order valence-corrected chi connectivity index (χ4v) is 1.76. The molecule has 0 saturated carbocycles. The number of fused-ring (bicyclic) bond motifs is 1. The van der Waals surface area contributed by atoms with Gasteiger partial charge in [-0.3, -0.25) is 19.9 Å². The number of pyridine rings is 1. The number of rotatable bonds is 4. The molecule has 19 heavy (non-hydrogen) atoms. The topological polar surface area (TPSA) is 111 Å². The van der Waals surface area contributed by atoms with E-state index in [2.05, 4.69) is 10.3 Å². The minimum Gasteiger partial charge on any atom is -0.373 e. The maximum Gasteiger partial charge on any atom is 0.278 e. The molecule has 1 amide bonds. The summed E-state index contributed by atoms with van der Waals surface area (Å²) >= 11 is 0. The number of aromatic nitrogens is 1. The Morgan fingerprint density at radius 2 is 2.16 bits per heavy atom. The molecule has 0 saturated heterocycles. The summed E-state index contributed by atoms with van der Waals surface area (Å²) in [6.07, 6.45) is 2.96. The number of hydrogen-bond acceptors (Lipinski definition) is 5. The minimum absolute atomic E-state index is 0.0274. The molecular formula is C12H12N4O3. The first kappa shape index (κ1) is 12.7. The van der Waals surface area contributed by atoms with Gasteiger partial charge in [0, 0.05) is 29.5 Å². The van der Waals surface area contributed by atoms with E-state index in [1.54, 1.807) is 19.1 Å². The Morgan fingerprint density at radius 3 is 2.79 bits per heavy atom. The van der Waals surface area contributed by atoms with Crippen molar-refractivity contribution >= 4 is 28.1 Å². The normalized spacial score (nSPS) is 12.1. The van der Waals surface area contributed by atoms with E-state index in [9.17, 15) is 14.9 Å². The lowest BCUT2D eigenvalue weighted by Gasteiger charge is -2.13. The van der Waals surface area contributed by atoms with Gasteiger partial charge in [0.15, 0.2) is 0 Å². The molecule has 1 atom stereocenters. The number of primary amides is 1. The van der Waals surface area contributed by atoms with E-state index in [1.807, 2.05) is 0 Å². The molecule has 0 bridgehead atoms. The summed E-state index contributed by atoms with van der Waals surface area (Å²) in [7, 11) is 0. The van der Waals surface area contributed by atoms with Crippen LogP contribution in [0.3, 0.4) is 0 Å². The third kappa shape index (κ3) is 2.44. The summed E-state index contributed by atoms with van der Waals surface area (Å²) in [6.45, 7) is 1.62. The van der Waals surface area contributed by atoms with Crippen LogP contribution in [0.4, 0.5) is 11.4 Å². The largest absolute Gasteiger partial charge is 0.373 e. The molecule has 98 valence electrons. The quantitative estimate of drug-likeness (QED) is 0.638. The highest BCUT2D eigenvalue weighted by atomic mass is 16.6. The predicted molar refractivity (Wildman–Crippen MR) is 70.7 cm³/mol. The molecule has 1 heterocycles. The maximum atomic E-state index is 11.1. The number of non-ortho nitro benzene ring substituents is 1. The van der Waals surface area contributed by atoms with E-state index in [0.29, 0.717) is 16.5 Å². The highest BCUT2D eigenvalue weighted by Gasteiger charge is 2.16. The first-order valence-corrected chi connectivity index (χ1v) is 5.57. The Morgan fingerprint density at radius 1 is 1.42 bits per heavy atom. The summed E-state index contributed by atoms with van der Waals surface area (Å²) in [5, 5.41) is 14.9. The van der Waals surface area contributed by atoms with Gasteiger partial charge in [0.25, 0.3) is 5.69 Å². The maximum absolute atomic E-state index is 11.1. The summed E-state index contributed by atoms with van der Waals surface area (Å²) in [5.41, 5.74) is 5.76. The van der Waals surface area contributed by atoms with Crippen LogP contribution in [0.15, 0.2) is 30.6 Å². The van der Waals surface area contributed by atoms with E-state index in [-0.39, 0.29) is 5.69 Å². The zero-order valence-electron chi connectivity index (χ0n) is 10.2. The Labute approximate surface area is 108 Å². The molecule has 3 N–H and O–H groups in total. The Kier molecular flexibility index (Phi) is 3.28. The molecule has 7 nitrogen and oxygen atoms in total. The first-order valence-electron chi connectivity index (χ1n) is 5.57. The summed E-state index contributed by atoms with van der Waals surface area (Å²) in [5.74, 6) is -0.499.